The Morgan fingerprint density at radius 1 is 1.10 bits per heavy atom. The fraction of sp³-hybridized carbons (Fsp3) is 0.304. The molecule has 5 rings (SSSR count). The SMILES string of the molecule is CC(C)c1nc(-c2ccc(N3CCN(C(=O)c4ccc5cc[nH]c5c4)CC3)nc2)no1. The van der Waals surface area contributed by atoms with Gasteiger partial charge in [-0.1, -0.05) is 25.1 Å². The number of fused-ring (bicyclic) bond motifs is 1. The summed E-state index contributed by atoms with van der Waals surface area (Å²) in [6, 6.07) is 11.7. The molecule has 0 radical (unpaired) electrons. The number of pyridine rings is 1. The molecule has 4 heterocycles. The number of anilines is 1. The fourth-order valence-electron chi connectivity index (χ4n) is 3.79. The van der Waals surface area contributed by atoms with Crippen molar-refractivity contribution in [3.05, 3.63) is 60.2 Å². The number of carbonyl (C=O) groups excluding carboxylic acids is 1. The van der Waals surface area contributed by atoms with Crippen LogP contribution in [0, 0.1) is 0 Å². The molecule has 1 N–H and O–H groups in total. The van der Waals surface area contributed by atoms with Gasteiger partial charge in [0.25, 0.3) is 5.91 Å². The first-order valence-electron chi connectivity index (χ1n) is 10.5. The Labute approximate surface area is 179 Å². The summed E-state index contributed by atoms with van der Waals surface area (Å²) in [4.78, 5) is 29.2. The maximum absolute atomic E-state index is 12.9. The predicted molar refractivity (Wildman–Crippen MR) is 118 cm³/mol. The van der Waals surface area contributed by atoms with Gasteiger partial charge >= 0.3 is 0 Å². The average Bonchev–Trinajstić information content (AvgIpc) is 3.48. The molecule has 4 aromatic rings. The molecule has 0 bridgehead atoms. The van der Waals surface area contributed by atoms with Crippen molar-refractivity contribution in [2.24, 2.45) is 0 Å². The van der Waals surface area contributed by atoms with E-state index in [2.05, 4.69) is 25.0 Å². The van der Waals surface area contributed by atoms with Gasteiger partial charge in [-0.15, -0.1) is 0 Å². The van der Waals surface area contributed by atoms with Crippen LogP contribution < -0.4 is 4.90 Å². The summed E-state index contributed by atoms with van der Waals surface area (Å²) >= 11 is 0. The Bertz CT molecular complexity index is 1200. The molecule has 0 atom stereocenters. The lowest BCUT2D eigenvalue weighted by atomic mass is 10.1. The molecule has 1 aromatic carbocycles. The van der Waals surface area contributed by atoms with E-state index in [1.165, 1.54) is 0 Å². The van der Waals surface area contributed by atoms with Crippen molar-refractivity contribution in [2.45, 2.75) is 19.8 Å². The van der Waals surface area contributed by atoms with Crippen LogP contribution in [0.2, 0.25) is 0 Å². The topological polar surface area (TPSA) is 91.2 Å². The van der Waals surface area contributed by atoms with Gasteiger partial charge in [-0.05, 0) is 35.7 Å². The van der Waals surface area contributed by atoms with E-state index >= 15 is 0 Å². The number of hydrogen-bond acceptors (Lipinski definition) is 6. The van der Waals surface area contributed by atoms with E-state index in [4.69, 9.17) is 4.52 Å². The maximum Gasteiger partial charge on any atom is 0.254 e. The van der Waals surface area contributed by atoms with Gasteiger partial charge in [0.2, 0.25) is 11.7 Å². The Morgan fingerprint density at radius 2 is 1.94 bits per heavy atom. The van der Waals surface area contributed by atoms with Gasteiger partial charge in [-0.25, -0.2) is 4.98 Å². The highest BCUT2D eigenvalue weighted by atomic mass is 16.5. The highest BCUT2D eigenvalue weighted by Gasteiger charge is 2.23. The maximum atomic E-state index is 12.9. The van der Waals surface area contributed by atoms with E-state index in [1.807, 2.05) is 61.3 Å². The molecule has 1 aliphatic heterocycles. The fourth-order valence-corrected chi connectivity index (χ4v) is 3.79. The summed E-state index contributed by atoms with van der Waals surface area (Å²) in [7, 11) is 0. The zero-order valence-corrected chi connectivity index (χ0v) is 17.6. The summed E-state index contributed by atoms with van der Waals surface area (Å²) in [6.45, 7) is 6.83. The van der Waals surface area contributed by atoms with Crippen LogP contribution >= 0.6 is 0 Å². The first-order valence-corrected chi connectivity index (χ1v) is 10.5. The van der Waals surface area contributed by atoms with Gasteiger partial charge in [0.1, 0.15) is 5.82 Å². The summed E-state index contributed by atoms with van der Waals surface area (Å²) < 4.78 is 5.28. The quantitative estimate of drug-likeness (QED) is 0.545. The van der Waals surface area contributed by atoms with Crippen molar-refractivity contribution in [1.29, 1.82) is 0 Å². The third-order valence-electron chi connectivity index (χ3n) is 5.63. The van der Waals surface area contributed by atoms with Crippen molar-refractivity contribution in [2.75, 3.05) is 31.1 Å². The van der Waals surface area contributed by atoms with Crippen molar-refractivity contribution < 1.29 is 9.32 Å². The van der Waals surface area contributed by atoms with Gasteiger partial charge in [0, 0.05) is 61.1 Å². The van der Waals surface area contributed by atoms with Crippen LogP contribution in [0.1, 0.15) is 36.0 Å². The van der Waals surface area contributed by atoms with Gasteiger partial charge in [0.15, 0.2) is 0 Å². The molecule has 0 aliphatic carbocycles. The van der Waals surface area contributed by atoms with Crippen LogP contribution in [-0.2, 0) is 0 Å². The second-order valence-electron chi connectivity index (χ2n) is 8.07. The third kappa shape index (κ3) is 3.76. The lowest BCUT2D eigenvalue weighted by Crippen LogP contribution is -2.49. The van der Waals surface area contributed by atoms with Crippen molar-refractivity contribution >= 4 is 22.6 Å². The van der Waals surface area contributed by atoms with Gasteiger partial charge in [-0.3, -0.25) is 4.79 Å². The number of benzene rings is 1. The molecule has 31 heavy (non-hydrogen) atoms. The molecule has 0 saturated carbocycles. The standard InChI is InChI=1S/C23H24N6O2/c1-15(2)22-26-21(27-31-22)18-5-6-20(25-14-18)28-9-11-29(12-10-28)23(30)17-4-3-16-7-8-24-19(16)13-17/h3-8,13-15,24H,9-12H2,1-2H3. The lowest BCUT2D eigenvalue weighted by molar-refractivity contribution is 0.0746. The van der Waals surface area contributed by atoms with E-state index in [1.54, 1.807) is 6.20 Å². The minimum atomic E-state index is 0.0671. The monoisotopic (exact) mass is 416 g/mol. The van der Waals surface area contributed by atoms with E-state index in [0.29, 0.717) is 30.4 Å². The number of amides is 1. The van der Waals surface area contributed by atoms with Gasteiger partial charge in [0.05, 0.1) is 0 Å². The first kappa shape index (κ1) is 19.3. The number of H-pyrrole nitrogens is 1. The van der Waals surface area contributed by atoms with E-state index in [0.717, 1.165) is 35.4 Å². The predicted octanol–water partition coefficient (Wildman–Crippen LogP) is 3.70. The smallest absolute Gasteiger partial charge is 0.254 e. The molecular formula is C23H24N6O2. The number of hydrogen-bond donors (Lipinski definition) is 1. The van der Waals surface area contributed by atoms with Crippen LogP contribution in [0.5, 0.6) is 0 Å². The van der Waals surface area contributed by atoms with Crippen LogP contribution in [-0.4, -0.2) is 57.1 Å². The average molecular weight is 416 g/mol. The molecule has 1 aliphatic rings. The molecule has 3 aromatic heterocycles. The van der Waals surface area contributed by atoms with Crippen molar-refractivity contribution in [3.8, 4) is 11.4 Å². The normalized spacial score (nSPS) is 14.5. The molecule has 8 heteroatoms. The minimum Gasteiger partial charge on any atom is -0.361 e. The summed E-state index contributed by atoms with van der Waals surface area (Å²) in [5, 5.41) is 5.15. The lowest BCUT2D eigenvalue weighted by Gasteiger charge is -2.35. The second-order valence-corrected chi connectivity index (χ2v) is 8.07. The molecule has 0 spiro atoms. The largest absolute Gasteiger partial charge is 0.361 e. The van der Waals surface area contributed by atoms with E-state index in [9.17, 15) is 4.79 Å². The van der Waals surface area contributed by atoms with Crippen LogP contribution in [0.15, 0.2) is 53.3 Å². The Morgan fingerprint density at radius 3 is 2.65 bits per heavy atom. The van der Waals surface area contributed by atoms with Crippen molar-refractivity contribution in [1.82, 2.24) is 25.0 Å². The first-order chi connectivity index (χ1) is 15.1. The van der Waals surface area contributed by atoms with Crippen LogP contribution in [0.4, 0.5) is 5.82 Å². The molecule has 1 saturated heterocycles. The number of rotatable bonds is 4. The minimum absolute atomic E-state index is 0.0671. The van der Waals surface area contributed by atoms with E-state index < -0.39 is 0 Å². The summed E-state index contributed by atoms with van der Waals surface area (Å²) in [5.41, 5.74) is 2.52. The molecule has 158 valence electrons. The number of carbonyl (C=O) groups is 1. The van der Waals surface area contributed by atoms with Crippen molar-refractivity contribution in [3.63, 3.8) is 0 Å². The molecule has 0 unspecified atom stereocenters. The van der Waals surface area contributed by atoms with Crippen LogP contribution in [0.3, 0.4) is 0 Å². The molecule has 1 fully saturated rings. The zero-order chi connectivity index (χ0) is 21.4. The number of nitrogens with one attached hydrogen (secondary N) is 1. The Balaban J connectivity index is 1.23. The second kappa shape index (κ2) is 7.86. The molecular weight excluding hydrogens is 392 g/mol. The van der Waals surface area contributed by atoms with Crippen LogP contribution in [0.25, 0.3) is 22.3 Å². The van der Waals surface area contributed by atoms with Gasteiger partial charge in [-0.2, -0.15) is 4.98 Å². The van der Waals surface area contributed by atoms with Gasteiger partial charge < -0.3 is 19.3 Å². The number of aromatic nitrogens is 4. The molecule has 1 amide bonds. The number of aromatic amines is 1. The molecule has 8 nitrogen and oxygen atoms in total. The number of piperazine rings is 1. The highest BCUT2D eigenvalue weighted by molar-refractivity contribution is 5.98. The summed E-state index contributed by atoms with van der Waals surface area (Å²) in [6.07, 6.45) is 3.66. The Kier molecular flexibility index (Phi) is 4.89. The van der Waals surface area contributed by atoms with E-state index in [-0.39, 0.29) is 11.8 Å². The highest BCUT2D eigenvalue weighted by Crippen LogP contribution is 2.22. The Hall–Kier alpha value is -3.68. The third-order valence-corrected chi connectivity index (χ3v) is 5.63. The summed E-state index contributed by atoms with van der Waals surface area (Å²) in [5.74, 6) is 2.32. The zero-order valence-electron chi connectivity index (χ0n) is 17.6. The number of nitrogens with zero attached hydrogens (tertiary/aromatic N) is 5.